The zero-order valence-corrected chi connectivity index (χ0v) is 15.6. The molecule has 0 unspecified atom stereocenters. The molecule has 1 amide bonds. The normalized spacial score (nSPS) is 13.4. The maximum absolute atomic E-state index is 12.8. The summed E-state index contributed by atoms with van der Waals surface area (Å²) in [7, 11) is 0. The van der Waals surface area contributed by atoms with Gasteiger partial charge in [0.25, 0.3) is 5.91 Å². The van der Waals surface area contributed by atoms with Gasteiger partial charge in [0.2, 0.25) is 0 Å². The summed E-state index contributed by atoms with van der Waals surface area (Å²) in [5.41, 5.74) is 6.47. The fraction of sp³-hybridized carbons (Fsp3) is 0.217. The summed E-state index contributed by atoms with van der Waals surface area (Å²) in [5.74, 6) is -0.0764. The average Bonchev–Trinajstić information content (AvgIpc) is 3.35. The number of nitrogens with zero attached hydrogens (tertiary/aromatic N) is 2. The number of nitrogens with one attached hydrogen (secondary N) is 2. The predicted octanol–water partition coefficient (Wildman–Crippen LogP) is 4.54. The maximum Gasteiger partial charge on any atom is 0.255 e. The number of benzene rings is 2. The molecule has 2 aromatic carbocycles. The summed E-state index contributed by atoms with van der Waals surface area (Å²) < 4.78 is 2.00. The van der Waals surface area contributed by atoms with Gasteiger partial charge in [0, 0.05) is 46.8 Å². The van der Waals surface area contributed by atoms with Crippen LogP contribution in [0, 0.1) is 0 Å². The molecule has 140 valence electrons. The second-order valence-electron chi connectivity index (χ2n) is 7.44. The fourth-order valence-corrected chi connectivity index (χ4v) is 4.09. The molecule has 5 nitrogen and oxygen atoms in total. The SMILES string of the molecule is O=C(Nc1cccc(Cn2ccnc2)c1)c1ccc2[nH]c3c(c2c1)CCCC3. The molecule has 0 saturated heterocycles. The number of hydrogen-bond donors (Lipinski definition) is 2. The minimum absolute atomic E-state index is 0.0764. The second-order valence-corrected chi connectivity index (χ2v) is 7.44. The number of aryl methyl sites for hydroxylation is 2. The summed E-state index contributed by atoms with van der Waals surface area (Å²) in [6.45, 7) is 0.727. The summed E-state index contributed by atoms with van der Waals surface area (Å²) in [5, 5.41) is 4.23. The molecular formula is C23H22N4O. The molecule has 1 aliphatic rings. The van der Waals surface area contributed by atoms with Gasteiger partial charge in [-0.05, 0) is 67.1 Å². The molecule has 0 fully saturated rings. The largest absolute Gasteiger partial charge is 0.358 e. The van der Waals surface area contributed by atoms with Gasteiger partial charge >= 0.3 is 0 Å². The number of imidazole rings is 1. The van der Waals surface area contributed by atoms with Crippen LogP contribution in [0.15, 0.2) is 61.2 Å². The Hall–Kier alpha value is -3.34. The van der Waals surface area contributed by atoms with Gasteiger partial charge in [-0.1, -0.05) is 12.1 Å². The lowest BCUT2D eigenvalue weighted by molar-refractivity contribution is 0.102. The number of H-pyrrole nitrogens is 1. The van der Waals surface area contributed by atoms with E-state index in [4.69, 9.17) is 0 Å². The fourth-order valence-electron chi connectivity index (χ4n) is 4.09. The minimum Gasteiger partial charge on any atom is -0.358 e. The molecule has 0 radical (unpaired) electrons. The summed E-state index contributed by atoms with van der Waals surface area (Å²) in [6, 6.07) is 13.9. The Bertz CT molecular complexity index is 1140. The highest BCUT2D eigenvalue weighted by atomic mass is 16.1. The summed E-state index contributed by atoms with van der Waals surface area (Å²) in [4.78, 5) is 20.4. The maximum atomic E-state index is 12.8. The van der Waals surface area contributed by atoms with Gasteiger partial charge in [-0.15, -0.1) is 0 Å². The lowest BCUT2D eigenvalue weighted by Gasteiger charge is -2.11. The highest BCUT2D eigenvalue weighted by Crippen LogP contribution is 2.30. The molecule has 2 heterocycles. The monoisotopic (exact) mass is 370 g/mol. The smallest absolute Gasteiger partial charge is 0.255 e. The van der Waals surface area contributed by atoms with Crippen molar-refractivity contribution in [1.29, 1.82) is 0 Å². The molecule has 0 bridgehead atoms. The molecule has 0 atom stereocenters. The molecular weight excluding hydrogens is 348 g/mol. The quantitative estimate of drug-likeness (QED) is 0.554. The van der Waals surface area contributed by atoms with Gasteiger partial charge in [0.05, 0.1) is 6.33 Å². The number of amides is 1. The number of carbonyl (C=O) groups is 1. The van der Waals surface area contributed by atoms with Gasteiger partial charge in [-0.25, -0.2) is 4.98 Å². The van der Waals surface area contributed by atoms with Crippen LogP contribution in [0.4, 0.5) is 5.69 Å². The number of rotatable bonds is 4. The molecule has 2 aromatic heterocycles. The molecule has 1 aliphatic carbocycles. The minimum atomic E-state index is -0.0764. The lowest BCUT2D eigenvalue weighted by Crippen LogP contribution is -2.12. The number of aromatic amines is 1. The van der Waals surface area contributed by atoms with Crippen LogP contribution in [0.2, 0.25) is 0 Å². The third-order valence-electron chi connectivity index (χ3n) is 5.47. The number of hydrogen-bond acceptors (Lipinski definition) is 2. The van der Waals surface area contributed by atoms with Crippen LogP contribution in [-0.2, 0) is 19.4 Å². The first kappa shape index (κ1) is 16.8. The van der Waals surface area contributed by atoms with E-state index in [1.165, 1.54) is 29.5 Å². The molecule has 4 aromatic rings. The third-order valence-corrected chi connectivity index (χ3v) is 5.47. The Labute approximate surface area is 163 Å². The summed E-state index contributed by atoms with van der Waals surface area (Å²) >= 11 is 0. The van der Waals surface area contributed by atoms with E-state index < -0.39 is 0 Å². The van der Waals surface area contributed by atoms with Crippen LogP contribution in [0.5, 0.6) is 0 Å². The van der Waals surface area contributed by atoms with Crippen LogP contribution in [0.3, 0.4) is 0 Å². The van der Waals surface area contributed by atoms with Crippen molar-refractivity contribution in [2.24, 2.45) is 0 Å². The van der Waals surface area contributed by atoms with Gasteiger partial charge < -0.3 is 14.9 Å². The van der Waals surface area contributed by atoms with Gasteiger partial charge in [-0.2, -0.15) is 0 Å². The molecule has 28 heavy (non-hydrogen) atoms. The van der Waals surface area contributed by atoms with Crippen LogP contribution in [-0.4, -0.2) is 20.4 Å². The zero-order chi connectivity index (χ0) is 18.9. The van der Waals surface area contributed by atoms with Crippen molar-refractivity contribution < 1.29 is 4.79 Å². The number of anilines is 1. The second kappa shape index (κ2) is 7.00. The van der Waals surface area contributed by atoms with E-state index in [1.807, 2.05) is 53.2 Å². The first-order valence-corrected chi connectivity index (χ1v) is 9.76. The molecule has 5 rings (SSSR count). The zero-order valence-electron chi connectivity index (χ0n) is 15.6. The highest BCUT2D eigenvalue weighted by Gasteiger charge is 2.17. The van der Waals surface area contributed by atoms with E-state index in [2.05, 4.69) is 15.3 Å². The average molecular weight is 370 g/mol. The van der Waals surface area contributed by atoms with Gasteiger partial charge in [0.1, 0.15) is 0 Å². The molecule has 5 heteroatoms. The van der Waals surface area contributed by atoms with E-state index in [0.717, 1.165) is 36.2 Å². The lowest BCUT2D eigenvalue weighted by atomic mass is 9.95. The van der Waals surface area contributed by atoms with Gasteiger partial charge in [0.15, 0.2) is 0 Å². The van der Waals surface area contributed by atoms with Crippen LogP contribution < -0.4 is 5.32 Å². The highest BCUT2D eigenvalue weighted by molar-refractivity contribution is 6.06. The first-order chi connectivity index (χ1) is 13.8. The van der Waals surface area contributed by atoms with Crippen LogP contribution in [0.25, 0.3) is 10.9 Å². The Morgan fingerprint density at radius 1 is 1.14 bits per heavy atom. The topological polar surface area (TPSA) is 62.7 Å². The van der Waals surface area contributed by atoms with Gasteiger partial charge in [-0.3, -0.25) is 4.79 Å². The molecule has 0 spiro atoms. The van der Waals surface area contributed by atoms with Crippen molar-refractivity contribution in [3.63, 3.8) is 0 Å². The Morgan fingerprint density at radius 2 is 2.07 bits per heavy atom. The van der Waals surface area contributed by atoms with Crippen molar-refractivity contribution in [2.45, 2.75) is 32.2 Å². The van der Waals surface area contributed by atoms with Crippen molar-refractivity contribution in [3.05, 3.63) is 83.6 Å². The predicted molar refractivity (Wildman–Crippen MR) is 111 cm³/mol. The van der Waals surface area contributed by atoms with E-state index >= 15 is 0 Å². The summed E-state index contributed by atoms with van der Waals surface area (Å²) in [6.07, 6.45) is 10.1. The van der Waals surface area contributed by atoms with Crippen LogP contribution in [0.1, 0.15) is 40.0 Å². The van der Waals surface area contributed by atoms with E-state index in [9.17, 15) is 4.79 Å². The standard InChI is InChI=1S/C23H22N4O/c28-23(25-18-5-3-4-16(12-18)14-27-11-10-24-15-27)17-8-9-22-20(13-17)19-6-1-2-7-21(19)26-22/h3-5,8-13,15,26H,1-2,6-7,14H2,(H,25,28). The Kier molecular flexibility index (Phi) is 4.20. The third kappa shape index (κ3) is 3.20. The van der Waals surface area contributed by atoms with Crippen molar-refractivity contribution >= 4 is 22.5 Å². The van der Waals surface area contributed by atoms with E-state index in [1.54, 1.807) is 12.5 Å². The van der Waals surface area contributed by atoms with Crippen molar-refractivity contribution in [3.8, 4) is 0 Å². The first-order valence-electron chi connectivity index (χ1n) is 9.76. The number of aromatic nitrogens is 3. The van der Waals surface area contributed by atoms with Crippen molar-refractivity contribution in [2.75, 3.05) is 5.32 Å². The Morgan fingerprint density at radius 3 is 2.96 bits per heavy atom. The molecule has 2 N–H and O–H groups in total. The van der Waals surface area contributed by atoms with Crippen molar-refractivity contribution in [1.82, 2.24) is 14.5 Å². The molecule has 0 saturated carbocycles. The Balaban J connectivity index is 1.38. The number of fused-ring (bicyclic) bond motifs is 3. The van der Waals surface area contributed by atoms with E-state index in [-0.39, 0.29) is 5.91 Å². The van der Waals surface area contributed by atoms with E-state index in [0.29, 0.717) is 5.56 Å². The van der Waals surface area contributed by atoms with Crippen LogP contribution >= 0.6 is 0 Å². The number of carbonyl (C=O) groups excluding carboxylic acids is 1. The molecule has 0 aliphatic heterocycles.